The average molecular weight is 277 g/mol. The van der Waals surface area contributed by atoms with Gasteiger partial charge in [-0.3, -0.25) is 5.41 Å². The fourth-order valence-electron chi connectivity index (χ4n) is 2.21. The maximum atomic E-state index is 7.46. The molecule has 0 amide bonds. The monoisotopic (exact) mass is 277 g/mol. The van der Waals surface area contributed by atoms with Crippen molar-refractivity contribution >= 4 is 11.7 Å². The fourth-order valence-corrected chi connectivity index (χ4v) is 2.21. The van der Waals surface area contributed by atoms with E-state index < -0.39 is 0 Å². The first-order valence-corrected chi connectivity index (χ1v) is 7.41. The number of hydrogen-bond acceptors (Lipinski definition) is 4. The van der Waals surface area contributed by atoms with E-state index in [4.69, 9.17) is 11.1 Å². The van der Waals surface area contributed by atoms with Gasteiger partial charge in [-0.15, -0.1) is 0 Å². The van der Waals surface area contributed by atoms with Crippen molar-refractivity contribution in [2.45, 2.75) is 27.2 Å². The lowest BCUT2D eigenvalue weighted by Gasteiger charge is -2.24. The maximum absolute atomic E-state index is 7.46. The molecule has 1 heterocycles. The molecular formula is C15H27N5. The van der Waals surface area contributed by atoms with Gasteiger partial charge in [0.25, 0.3) is 0 Å². The molecule has 0 aliphatic heterocycles. The molecule has 0 atom stereocenters. The summed E-state index contributed by atoms with van der Waals surface area (Å²) in [4.78, 5) is 9.10. The first kappa shape index (κ1) is 16.4. The highest BCUT2D eigenvalue weighted by molar-refractivity contribution is 5.93. The molecule has 0 saturated carbocycles. The predicted octanol–water partition coefficient (Wildman–Crippen LogP) is 1.92. The summed E-state index contributed by atoms with van der Waals surface area (Å²) in [6.07, 6.45) is 1.11. The van der Waals surface area contributed by atoms with E-state index in [1.54, 1.807) is 6.07 Å². The molecule has 0 radical (unpaired) electrons. The molecule has 0 spiro atoms. The molecule has 0 bridgehead atoms. The normalized spacial score (nSPS) is 10.8. The first-order valence-electron chi connectivity index (χ1n) is 7.41. The Morgan fingerprint density at radius 2 is 1.85 bits per heavy atom. The Bertz CT molecular complexity index is 414. The van der Waals surface area contributed by atoms with Crippen LogP contribution in [0.25, 0.3) is 0 Å². The Hall–Kier alpha value is -1.62. The summed E-state index contributed by atoms with van der Waals surface area (Å²) in [5.41, 5.74) is 6.04. The number of rotatable bonds is 9. The summed E-state index contributed by atoms with van der Waals surface area (Å²) < 4.78 is 0. The molecule has 1 aromatic heterocycles. The van der Waals surface area contributed by atoms with Crippen LogP contribution in [0.1, 0.15) is 32.9 Å². The summed E-state index contributed by atoms with van der Waals surface area (Å²) >= 11 is 0. The summed E-state index contributed by atoms with van der Waals surface area (Å²) in [7, 11) is 0. The minimum Gasteiger partial charge on any atom is -0.382 e. The number of nitrogens with zero attached hydrogens (tertiary/aromatic N) is 3. The van der Waals surface area contributed by atoms with E-state index in [0.717, 1.165) is 45.0 Å². The van der Waals surface area contributed by atoms with E-state index >= 15 is 0 Å². The molecule has 0 unspecified atom stereocenters. The third kappa shape index (κ3) is 4.81. The van der Waals surface area contributed by atoms with Gasteiger partial charge in [-0.1, -0.05) is 19.9 Å². The minimum absolute atomic E-state index is 0.0195. The number of nitrogens with one attached hydrogen (secondary N) is 1. The molecular weight excluding hydrogens is 250 g/mol. The topological polar surface area (TPSA) is 69.2 Å². The van der Waals surface area contributed by atoms with E-state index in [0.29, 0.717) is 5.69 Å². The second-order valence-corrected chi connectivity index (χ2v) is 4.75. The van der Waals surface area contributed by atoms with Gasteiger partial charge >= 0.3 is 0 Å². The zero-order valence-electron chi connectivity index (χ0n) is 12.9. The molecule has 5 heteroatoms. The van der Waals surface area contributed by atoms with Crippen LogP contribution >= 0.6 is 0 Å². The standard InChI is InChI=1S/C15H27N5/c1-4-19(5-2)11-8-12-20(6-3)14-10-7-9-13(18-14)15(16)17/h7,9-10H,4-6,8,11-12H2,1-3H3,(H3,16,17). The zero-order valence-corrected chi connectivity index (χ0v) is 12.9. The molecule has 0 aliphatic carbocycles. The second kappa shape index (κ2) is 8.53. The second-order valence-electron chi connectivity index (χ2n) is 4.75. The molecule has 1 aromatic rings. The largest absolute Gasteiger partial charge is 0.382 e. The summed E-state index contributed by atoms with van der Waals surface area (Å²) in [6.45, 7) is 11.7. The lowest BCUT2D eigenvalue weighted by Crippen LogP contribution is -2.30. The maximum Gasteiger partial charge on any atom is 0.141 e. The lowest BCUT2D eigenvalue weighted by atomic mass is 10.3. The third-order valence-electron chi connectivity index (χ3n) is 3.51. The number of pyridine rings is 1. The summed E-state index contributed by atoms with van der Waals surface area (Å²) in [5, 5.41) is 7.46. The molecule has 0 aromatic carbocycles. The number of hydrogen-bond donors (Lipinski definition) is 2. The minimum atomic E-state index is 0.0195. The van der Waals surface area contributed by atoms with Gasteiger partial charge in [-0.25, -0.2) is 4.98 Å². The van der Waals surface area contributed by atoms with Crippen molar-refractivity contribution in [3.05, 3.63) is 23.9 Å². The van der Waals surface area contributed by atoms with Gasteiger partial charge in [-0.05, 0) is 45.1 Å². The fraction of sp³-hybridized carbons (Fsp3) is 0.600. The number of aromatic nitrogens is 1. The van der Waals surface area contributed by atoms with E-state index in [-0.39, 0.29) is 5.84 Å². The third-order valence-corrected chi connectivity index (χ3v) is 3.51. The van der Waals surface area contributed by atoms with Crippen LogP contribution in [0.5, 0.6) is 0 Å². The van der Waals surface area contributed by atoms with Gasteiger partial charge in [0.1, 0.15) is 17.3 Å². The highest BCUT2D eigenvalue weighted by Gasteiger charge is 2.08. The molecule has 3 N–H and O–H groups in total. The number of amidine groups is 1. The molecule has 20 heavy (non-hydrogen) atoms. The van der Waals surface area contributed by atoms with Crippen molar-refractivity contribution in [2.24, 2.45) is 5.73 Å². The lowest BCUT2D eigenvalue weighted by molar-refractivity contribution is 0.300. The van der Waals surface area contributed by atoms with Crippen molar-refractivity contribution in [3.63, 3.8) is 0 Å². The van der Waals surface area contributed by atoms with Gasteiger partial charge in [0, 0.05) is 13.1 Å². The summed E-state index contributed by atoms with van der Waals surface area (Å²) in [6, 6.07) is 5.66. The molecule has 5 nitrogen and oxygen atoms in total. The number of anilines is 1. The van der Waals surface area contributed by atoms with Crippen molar-refractivity contribution in [1.29, 1.82) is 5.41 Å². The quantitative estimate of drug-likeness (QED) is 0.534. The van der Waals surface area contributed by atoms with Gasteiger partial charge in [-0.2, -0.15) is 0 Å². The molecule has 112 valence electrons. The summed E-state index contributed by atoms with van der Waals surface area (Å²) in [5.74, 6) is 0.922. The molecule has 0 saturated heterocycles. The first-order chi connectivity index (χ1) is 9.62. The van der Waals surface area contributed by atoms with E-state index in [2.05, 4.69) is 35.6 Å². The van der Waals surface area contributed by atoms with Crippen LogP contribution in [0.2, 0.25) is 0 Å². The Morgan fingerprint density at radius 1 is 1.15 bits per heavy atom. The average Bonchev–Trinajstić information content (AvgIpc) is 2.48. The number of nitrogen functional groups attached to an aromatic ring is 1. The van der Waals surface area contributed by atoms with Crippen LogP contribution in [0.3, 0.4) is 0 Å². The van der Waals surface area contributed by atoms with Crippen molar-refractivity contribution in [1.82, 2.24) is 9.88 Å². The van der Waals surface area contributed by atoms with Crippen LogP contribution in [0.15, 0.2) is 18.2 Å². The highest BCUT2D eigenvalue weighted by Crippen LogP contribution is 2.11. The Balaban J connectivity index is 2.62. The van der Waals surface area contributed by atoms with Gasteiger partial charge in [0.2, 0.25) is 0 Å². The van der Waals surface area contributed by atoms with Crippen molar-refractivity contribution < 1.29 is 0 Å². The van der Waals surface area contributed by atoms with E-state index in [1.807, 2.05) is 12.1 Å². The molecule has 0 aliphatic rings. The van der Waals surface area contributed by atoms with Crippen LogP contribution in [0.4, 0.5) is 5.82 Å². The van der Waals surface area contributed by atoms with E-state index in [9.17, 15) is 0 Å². The van der Waals surface area contributed by atoms with E-state index in [1.165, 1.54) is 0 Å². The van der Waals surface area contributed by atoms with Crippen molar-refractivity contribution in [2.75, 3.05) is 37.6 Å². The molecule has 1 rings (SSSR count). The Labute approximate surface area is 122 Å². The van der Waals surface area contributed by atoms with Crippen LogP contribution in [-0.2, 0) is 0 Å². The van der Waals surface area contributed by atoms with Crippen LogP contribution in [0, 0.1) is 5.41 Å². The zero-order chi connectivity index (χ0) is 15.0. The number of nitrogens with two attached hydrogens (primary N) is 1. The smallest absolute Gasteiger partial charge is 0.141 e. The molecule has 0 fully saturated rings. The van der Waals surface area contributed by atoms with Gasteiger partial charge in [0.05, 0.1) is 0 Å². The predicted molar refractivity (Wildman–Crippen MR) is 85.5 cm³/mol. The van der Waals surface area contributed by atoms with Crippen LogP contribution in [-0.4, -0.2) is 48.4 Å². The van der Waals surface area contributed by atoms with Crippen molar-refractivity contribution in [3.8, 4) is 0 Å². The highest BCUT2D eigenvalue weighted by atomic mass is 15.2. The Morgan fingerprint density at radius 3 is 2.40 bits per heavy atom. The van der Waals surface area contributed by atoms with Crippen LogP contribution < -0.4 is 10.6 Å². The SMILES string of the molecule is CCN(CC)CCCN(CC)c1cccc(C(=N)N)n1. The van der Waals surface area contributed by atoms with Gasteiger partial charge in [0.15, 0.2) is 0 Å². The Kier molecular flexibility index (Phi) is 7.01. The van der Waals surface area contributed by atoms with Gasteiger partial charge < -0.3 is 15.5 Å².